The Balaban J connectivity index is 1.33. The highest BCUT2D eigenvalue weighted by Gasteiger charge is 2.68. The van der Waals surface area contributed by atoms with Crippen LogP contribution in [0.15, 0.2) is 30.3 Å². The van der Waals surface area contributed by atoms with E-state index in [1.165, 1.54) is 0 Å². The normalized spacial score (nSPS) is 31.0. The van der Waals surface area contributed by atoms with E-state index in [4.69, 9.17) is 14.0 Å². The van der Waals surface area contributed by atoms with Gasteiger partial charge in [-0.2, -0.15) is 0 Å². The van der Waals surface area contributed by atoms with Gasteiger partial charge in [0.25, 0.3) is 0 Å². The summed E-state index contributed by atoms with van der Waals surface area (Å²) < 4.78 is 18.4. The van der Waals surface area contributed by atoms with Gasteiger partial charge >= 0.3 is 13.2 Å². The monoisotopic (exact) mass is 527 g/mol. The summed E-state index contributed by atoms with van der Waals surface area (Å²) in [6, 6.07) is 8.48. The molecule has 3 saturated carbocycles. The number of rotatable bonds is 8. The third kappa shape index (κ3) is 5.16. The maximum Gasteiger partial charge on any atom is 0.482 e. The molecule has 6 rings (SSSR count). The van der Waals surface area contributed by atoms with Crippen molar-refractivity contribution < 1.29 is 33.5 Å². The van der Waals surface area contributed by atoms with Gasteiger partial charge in [0, 0.05) is 13.1 Å². The third-order valence-electron chi connectivity index (χ3n) is 9.28. The zero-order valence-electron chi connectivity index (χ0n) is 22.4. The molecule has 2 aliphatic heterocycles. The number of nitrogens with one attached hydrogen (secondary N) is 2. The van der Waals surface area contributed by atoms with Gasteiger partial charge in [-0.1, -0.05) is 44.2 Å². The molecule has 2 bridgehead atoms. The van der Waals surface area contributed by atoms with Gasteiger partial charge in [-0.15, -0.1) is 0 Å². The van der Waals surface area contributed by atoms with Gasteiger partial charge < -0.3 is 34.7 Å². The van der Waals surface area contributed by atoms with Crippen LogP contribution in [-0.4, -0.2) is 85.0 Å². The third-order valence-corrected chi connectivity index (χ3v) is 9.28. The van der Waals surface area contributed by atoms with Crippen LogP contribution in [0, 0.1) is 17.3 Å². The molecular formula is C27H38BN3O7. The number of carboxylic acid groups (broad SMARTS) is 1. The summed E-state index contributed by atoms with van der Waals surface area (Å²) >= 11 is 0. The maximum atomic E-state index is 13.5. The molecule has 1 aromatic carbocycles. The van der Waals surface area contributed by atoms with E-state index in [0.29, 0.717) is 44.6 Å². The summed E-state index contributed by atoms with van der Waals surface area (Å²) in [4.78, 5) is 39.5. The Morgan fingerprint density at radius 1 is 1.11 bits per heavy atom. The number of nitrogens with zero attached hydrogens (tertiary/aromatic N) is 1. The lowest BCUT2D eigenvalue weighted by Crippen LogP contribution is -2.65. The Morgan fingerprint density at radius 2 is 1.82 bits per heavy atom. The molecule has 0 aromatic heterocycles. The highest BCUT2D eigenvalue weighted by molar-refractivity contribution is 6.48. The number of benzene rings is 1. The second-order valence-electron chi connectivity index (χ2n) is 11.8. The first-order valence-corrected chi connectivity index (χ1v) is 13.6. The van der Waals surface area contributed by atoms with Gasteiger partial charge in [0.1, 0.15) is 6.04 Å². The Labute approximate surface area is 223 Å². The van der Waals surface area contributed by atoms with Crippen LogP contribution in [0.5, 0.6) is 0 Å². The first-order valence-electron chi connectivity index (χ1n) is 13.6. The van der Waals surface area contributed by atoms with Gasteiger partial charge in [-0.05, 0) is 49.0 Å². The highest BCUT2D eigenvalue weighted by Crippen LogP contribution is 2.65. The topological polar surface area (TPSA) is 126 Å². The van der Waals surface area contributed by atoms with E-state index >= 15 is 0 Å². The summed E-state index contributed by atoms with van der Waals surface area (Å²) in [7, 11) is -0.690. The van der Waals surface area contributed by atoms with E-state index in [9.17, 15) is 19.5 Å². The van der Waals surface area contributed by atoms with Crippen molar-refractivity contribution in [2.75, 3.05) is 26.3 Å². The number of carbonyl (C=O) groups excluding carboxylic acids is 2. The van der Waals surface area contributed by atoms with Crippen molar-refractivity contribution in [3.05, 3.63) is 35.9 Å². The minimum absolute atomic E-state index is 0.0599. The average Bonchev–Trinajstić information content (AvgIpc) is 3.26. The van der Waals surface area contributed by atoms with Crippen LogP contribution in [0.2, 0.25) is 0 Å². The molecule has 0 spiro atoms. The molecule has 0 unspecified atom stereocenters. The zero-order valence-corrected chi connectivity index (χ0v) is 22.4. The summed E-state index contributed by atoms with van der Waals surface area (Å²) in [6.07, 6.45) is 0.763. The van der Waals surface area contributed by atoms with Crippen LogP contribution >= 0.6 is 0 Å². The molecular weight excluding hydrogens is 489 g/mol. The zero-order chi connectivity index (χ0) is 27.1. The molecule has 6 atom stereocenters. The second-order valence-corrected chi connectivity index (χ2v) is 11.8. The van der Waals surface area contributed by atoms with Crippen molar-refractivity contribution in [2.45, 2.75) is 70.1 Å². The lowest BCUT2D eigenvalue weighted by molar-refractivity contribution is -0.199. The number of amides is 3. The number of morpholine rings is 1. The van der Waals surface area contributed by atoms with Crippen LogP contribution < -0.4 is 10.6 Å². The molecule has 1 aromatic rings. The highest BCUT2D eigenvalue weighted by atomic mass is 16.7. The minimum atomic E-state index is -1.37. The first-order chi connectivity index (χ1) is 18.1. The van der Waals surface area contributed by atoms with E-state index in [1.54, 1.807) is 4.90 Å². The van der Waals surface area contributed by atoms with Crippen molar-refractivity contribution in [1.82, 2.24) is 15.5 Å². The molecule has 3 N–H and O–H groups in total. The van der Waals surface area contributed by atoms with Gasteiger partial charge in [0.2, 0.25) is 11.8 Å². The number of hydrogen-bond acceptors (Lipinski definition) is 6. The summed E-state index contributed by atoms with van der Waals surface area (Å²) in [6.45, 7) is 8.38. The standard InChI is InChI=1S/C27H38BN3O7/c1-26(2)18-14-20(26)27(3)21(15-18)37-28(38-27)22(13-17-7-5-4-6-8-17)30-24(33)19(29-25(34)35)16-23(32)31-9-11-36-12-10-31/h4-8,18-22,29H,9-16H2,1-3H3,(H,30,33)(H,34,35)/t18-,19+,20-,21+,22-,27-/m0/s1. The Bertz CT molecular complexity index is 1050. The van der Waals surface area contributed by atoms with Crippen LogP contribution in [-0.2, 0) is 30.1 Å². The van der Waals surface area contributed by atoms with Gasteiger partial charge in [-0.3, -0.25) is 9.59 Å². The number of carbonyl (C=O) groups is 3. The molecule has 5 aliphatic rings. The minimum Gasteiger partial charge on any atom is -0.465 e. The van der Waals surface area contributed by atoms with Crippen LogP contribution in [0.3, 0.4) is 0 Å². The van der Waals surface area contributed by atoms with E-state index in [1.807, 2.05) is 30.3 Å². The lowest BCUT2D eigenvalue weighted by atomic mass is 9.43. The first kappa shape index (κ1) is 27.0. The molecule has 0 radical (unpaired) electrons. The Morgan fingerprint density at radius 3 is 2.47 bits per heavy atom. The van der Waals surface area contributed by atoms with Crippen molar-refractivity contribution in [3.63, 3.8) is 0 Å². The molecule has 2 saturated heterocycles. The predicted octanol–water partition coefficient (Wildman–Crippen LogP) is 1.87. The van der Waals surface area contributed by atoms with E-state index in [2.05, 4.69) is 31.4 Å². The fourth-order valence-electron chi connectivity index (χ4n) is 6.91. The second kappa shape index (κ2) is 10.5. The lowest BCUT2D eigenvalue weighted by Gasteiger charge is -2.64. The van der Waals surface area contributed by atoms with Crippen molar-refractivity contribution in [2.24, 2.45) is 17.3 Å². The molecule has 10 nitrogen and oxygen atoms in total. The van der Waals surface area contributed by atoms with Crippen molar-refractivity contribution in [1.29, 1.82) is 0 Å². The molecule has 3 amide bonds. The van der Waals surface area contributed by atoms with Crippen molar-refractivity contribution >= 4 is 25.0 Å². The summed E-state index contributed by atoms with van der Waals surface area (Å²) in [5.41, 5.74) is 0.716. The smallest absolute Gasteiger partial charge is 0.465 e. The maximum absolute atomic E-state index is 13.5. The Kier molecular flexibility index (Phi) is 7.45. The number of ether oxygens (including phenoxy) is 1. The largest absolute Gasteiger partial charge is 0.482 e. The van der Waals surface area contributed by atoms with Gasteiger partial charge in [0.15, 0.2) is 0 Å². The van der Waals surface area contributed by atoms with Gasteiger partial charge in [-0.25, -0.2) is 4.79 Å². The summed E-state index contributed by atoms with van der Waals surface area (Å²) in [5.74, 6) is -0.485. The fraction of sp³-hybridized carbons (Fsp3) is 0.667. The average molecular weight is 527 g/mol. The Hall–Kier alpha value is -2.63. The van der Waals surface area contributed by atoms with E-state index in [-0.39, 0.29) is 23.8 Å². The molecule has 3 aliphatic carbocycles. The number of hydrogen-bond donors (Lipinski definition) is 3. The molecule has 5 fully saturated rings. The summed E-state index contributed by atoms with van der Waals surface area (Å²) in [5, 5.41) is 14.6. The molecule has 11 heteroatoms. The predicted molar refractivity (Wildman–Crippen MR) is 139 cm³/mol. The quantitative estimate of drug-likeness (QED) is 0.441. The molecule has 38 heavy (non-hydrogen) atoms. The van der Waals surface area contributed by atoms with Crippen molar-refractivity contribution in [3.8, 4) is 0 Å². The van der Waals surface area contributed by atoms with E-state index in [0.717, 1.165) is 18.4 Å². The van der Waals surface area contributed by atoms with Crippen LogP contribution in [0.25, 0.3) is 0 Å². The van der Waals surface area contributed by atoms with Gasteiger partial charge in [0.05, 0.1) is 37.3 Å². The SMILES string of the molecule is CC1(C)[C@@H]2C[C@H]3OB([C@H](Cc4ccccc4)NC(=O)[C@@H](CC(=O)N4CCOCC4)NC(=O)O)O[C@@]3(C)[C@H]1C2. The van der Waals surface area contributed by atoms with E-state index < -0.39 is 36.7 Å². The van der Waals surface area contributed by atoms with Crippen LogP contribution in [0.4, 0.5) is 4.79 Å². The molecule has 2 heterocycles. The molecule has 206 valence electrons. The fourth-order valence-corrected chi connectivity index (χ4v) is 6.91. The van der Waals surface area contributed by atoms with Crippen LogP contribution in [0.1, 0.15) is 45.6 Å².